The quantitative estimate of drug-likeness (QED) is 0.295. The third-order valence-electron chi connectivity index (χ3n) is 2.55. The molecule has 0 saturated carbocycles. The maximum atomic E-state index is 11.8. The number of nitro groups is 1. The molecule has 1 rings (SSSR count). The van der Waals surface area contributed by atoms with Crippen molar-refractivity contribution in [2.45, 2.75) is 18.9 Å². The van der Waals surface area contributed by atoms with E-state index in [0.29, 0.717) is 0 Å². The van der Waals surface area contributed by atoms with Crippen LogP contribution in [0, 0.1) is 10.1 Å². The van der Waals surface area contributed by atoms with Gasteiger partial charge in [0.15, 0.2) is 5.78 Å². The first-order valence-electron chi connectivity index (χ1n) is 5.38. The van der Waals surface area contributed by atoms with Crippen LogP contribution in [0.25, 0.3) is 0 Å². The Bertz CT molecular complexity index is 529. The predicted molar refractivity (Wildman–Crippen MR) is 66.7 cm³/mol. The third kappa shape index (κ3) is 3.75. The molecular formula is C11H13N3O5. The Morgan fingerprint density at radius 1 is 1.42 bits per heavy atom. The SMILES string of the molecule is Nc1ccc([N+](=O)[O-])cc1C(=O)CCC(N)C(=O)O. The molecule has 8 heteroatoms. The van der Waals surface area contributed by atoms with Crippen molar-refractivity contribution in [3.8, 4) is 0 Å². The van der Waals surface area contributed by atoms with Gasteiger partial charge in [-0.3, -0.25) is 19.7 Å². The molecule has 0 saturated heterocycles. The molecule has 1 aromatic rings. The summed E-state index contributed by atoms with van der Waals surface area (Å²) in [5, 5.41) is 19.2. The zero-order valence-electron chi connectivity index (χ0n) is 9.91. The molecule has 5 N–H and O–H groups in total. The van der Waals surface area contributed by atoms with Gasteiger partial charge >= 0.3 is 5.97 Å². The highest BCUT2D eigenvalue weighted by molar-refractivity contribution is 6.01. The topological polar surface area (TPSA) is 150 Å². The first kappa shape index (κ1) is 14.6. The molecule has 1 unspecified atom stereocenters. The van der Waals surface area contributed by atoms with Crippen molar-refractivity contribution in [2.75, 3.05) is 5.73 Å². The Balaban J connectivity index is 2.84. The van der Waals surface area contributed by atoms with Crippen molar-refractivity contribution >= 4 is 23.1 Å². The Kier molecular flexibility index (Phi) is 4.54. The Hall–Kier alpha value is -2.48. The number of hydrogen-bond donors (Lipinski definition) is 3. The van der Waals surface area contributed by atoms with Gasteiger partial charge in [0.05, 0.1) is 4.92 Å². The fourth-order valence-corrected chi connectivity index (χ4v) is 1.44. The second-order valence-corrected chi connectivity index (χ2v) is 3.94. The molecule has 102 valence electrons. The summed E-state index contributed by atoms with van der Waals surface area (Å²) in [5.41, 5.74) is 10.7. The van der Waals surface area contributed by atoms with Gasteiger partial charge in [-0.15, -0.1) is 0 Å². The van der Waals surface area contributed by atoms with E-state index < -0.39 is 22.7 Å². The highest BCUT2D eigenvalue weighted by Crippen LogP contribution is 2.21. The van der Waals surface area contributed by atoms with Gasteiger partial charge < -0.3 is 16.6 Å². The lowest BCUT2D eigenvalue weighted by molar-refractivity contribution is -0.384. The van der Waals surface area contributed by atoms with E-state index >= 15 is 0 Å². The Morgan fingerprint density at radius 3 is 2.58 bits per heavy atom. The number of ketones is 1. The number of nitro benzene ring substituents is 1. The molecule has 8 nitrogen and oxygen atoms in total. The molecule has 0 spiro atoms. The number of carbonyl (C=O) groups excluding carboxylic acids is 1. The van der Waals surface area contributed by atoms with Crippen molar-refractivity contribution in [3.63, 3.8) is 0 Å². The number of hydrogen-bond acceptors (Lipinski definition) is 6. The molecule has 0 radical (unpaired) electrons. The summed E-state index contributed by atoms with van der Waals surface area (Å²) >= 11 is 0. The van der Waals surface area contributed by atoms with E-state index in [1.807, 2.05) is 0 Å². The molecule has 0 aromatic heterocycles. The van der Waals surface area contributed by atoms with Crippen LogP contribution in [0.15, 0.2) is 18.2 Å². The predicted octanol–water partition coefficient (Wildman–Crippen LogP) is 0.552. The van der Waals surface area contributed by atoms with E-state index in [0.717, 1.165) is 6.07 Å². The van der Waals surface area contributed by atoms with Crippen LogP contribution in [0.2, 0.25) is 0 Å². The summed E-state index contributed by atoms with van der Waals surface area (Å²) in [5.74, 6) is -1.68. The second-order valence-electron chi connectivity index (χ2n) is 3.94. The summed E-state index contributed by atoms with van der Waals surface area (Å²) in [6.07, 6.45) is -0.199. The average Bonchev–Trinajstić information content (AvgIpc) is 2.35. The van der Waals surface area contributed by atoms with E-state index in [1.54, 1.807) is 0 Å². The number of nitrogen functional groups attached to an aromatic ring is 1. The van der Waals surface area contributed by atoms with Crippen LogP contribution in [-0.2, 0) is 4.79 Å². The van der Waals surface area contributed by atoms with Crippen LogP contribution in [-0.4, -0.2) is 27.8 Å². The summed E-state index contributed by atoms with van der Waals surface area (Å²) in [6.45, 7) is 0. The Labute approximate surface area is 108 Å². The summed E-state index contributed by atoms with van der Waals surface area (Å²) in [7, 11) is 0. The number of non-ortho nitro benzene ring substituents is 1. The number of nitrogens with two attached hydrogens (primary N) is 2. The number of carboxylic acid groups (broad SMARTS) is 1. The van der Waals surface area contributed by atoms with Crippen molar-refractivity contribution in [2.24, 2.45) is 5.73 Å². The minimum absolute atomic E-state index is 0.00629. The number of carboxylic acids is 1. The number of rotatable bonds is 6. The summed E-state index contributed by atoms with van der Waals surface area (Å²) in [4.78, 5) is 32.3. The smallest absolute Gasteiger partial charge is 0.320 e. The van der Waals surface area contributed by atoms with Crippen molar-refractivity contribution in [3.05, 3.63) is 33.9 Å². The largest absolute Gasteiger partial charge is 0.480 e. The maximum absolute atomic E-state index is 11.8. The lowest BCUT2D eigenvalue weighted by atomic mass is 10.0. The van der Waals surface area contributed by atoms with Crippen LogP contribution in [0.5, 0.6) is 0 Å². The monoisotopic (exact) mass is 267 g/mol. The highest BCUT2D eigenvalue weighted by Gasteiger charge is 2.18. The number of Topliss-reactive ketones (excluding diaryl/α,β-unsaturated/α-hetero) is 1. The van der Waals surface area contributed by atoms with Crippen molar-refractivity contribution in [1.29, 1.82) is 0 Å². The number of carbonyl (C=O) groups is 2. The van der Waals surface area contributed by atoms with Gasteiger partial charge in [-0.1, -0.05) is 0 Å². The molecule has 0 bridgehead atoms. The molecule has 0 aliphatic rings. The average molecular weight is 267 g/mol. The van der Waals surface area contributed by atoms with Gasteiger partial charge in [0, 0.05) is 29.8 Å². The van der Waals surface area contributed by atoms with Crippen LogP contribution >= 0.6 is 0 Å². The van der Waals surface area contributed by atoms with E-state index in [9.17, 15) is 19.7 Å². The number of benzene rings is 1. The fourth-order valence-electron chi connectivity index (χ4n) is 1.44. The fraction of sp³-hybridized carbons (Fsp3) is 0.273. The van der Waals surface area contributed by atoms with Crippen LogP contribution in [0.3, 0.4) is 0 Å². The second kappa shape index (κ2) is 5.91. The van der Waals surface area contributed by atoms with Gasteiger partial charge in [0.25, 0.3) is 5.69 Å². The number of anilines is 1. The van der Waals surface area contributed by atoms with E-state index in [-0.39, 0.29) is 29.8 Å². The summed E-state index contributed by atoms with van der Waals surface area (Å²) in [6, 6.07) is 2.38. The molecular weight excluding hydrogens is 254 g/mol. The van der Waals surface area contributed by atoms with Gasteiger partial charge in [-0.25, -0.2) is 0 Å². The minimum atomic E-state index is -1.21. The van der Waals surface area contributed by atoms with Gasteiger partial charge in [0.1, 0.15) is 6.04 Å². The van der Waals surface area contributed by atoms with E-state index in [1.165, 1.54) is 12.1 Å². The van der Waals surface area contributed by atoms with Crippen LogP contribution in [0.1, 0.15) is 23.2 Å². The standard InChI is InChI=1S/C11H13N3O5/c12-8-2-1-6(14(18)19)5-7(8)10(15)4-3-9(13)11(16)17/h1-2,5,9H,3-4,12-13H2,(H,16,17). The molecule has 0 amide bonds. The highest BCUT2D eigenvalue weighted by atomic mass is 16.6. The van der Waals surface area contributed by atoms with Crippen molar-refractivity contribution < 1.29 is 19.6 Å². The van der Waals surface area contributed by atoms with Gasteiger partial charge in [-0.2, -0.15) is 0 Å². The molecule has 0 aliphatic heterocycles. The molecule has 0 aliphatic carbocycles. The third-order valence-corrected chi connectivity index (χ3v) is 2.55. The van der Waals surface area contributed by atoms with Gasteiger partial charge in [0.2, 0.25) is 0 Å². The maximum Gasteiger partial charge on any atom is 0.320 e. The number of nitrogens with zero attached hydrogens (tertiary/aromatic N) is 1. The molecule has 19 heavy (non-hydrogen) atoms. The van der Waals surface area contributed by atoms with Crippen LogP contribution in [0.4, 0.5) is 11.4 Å². The van der Waals surface area contributed by atoms with E-state index in [4.69, 9.17) is 16.6 Å². The first-order valence-corrected chi connectivity index (χ1v) is 5.38. The molecule has 1 atom stereocenters. The molecule has 1 aromatic carbocycles. The zero-order chi connectivity index (χ0) is 14.6. The number of aliphatic carboxylic acids is 1. The first-order chi connectivity index (χ1) is 8.82. The lowest BCUT2D eigenvalue weighted by Crippen LogP contribution is -2.30. The van der Waals surface area contributed by atoms with Crippen molar-refractivity contribution in [1.82, 2.24) is 0 Å². The molecule has 0 fully saturated rings. The normalized spacial score (nSPS) is 11.8. The van der Waals surface area contributed by atoms with Crippen LogP contribution < -0.4 is 11.5 Å². The molecule has 0 heterocycles. The van der Waals surface area contributed by atoms with Gasteiger partial charge in [-0.05, 0) is 12.5 Å². The minimum Gasteiger partial charge on any atom is -0.480 e. The lowest BCUT2D eigenvalue weighted by Gasteiger charge is -2.07. The zero-order valence-corrected chi connectivity index (χ0v) is 9.91. The van der Waals surface area contributed by atoms with E-state index in [2.05, 4.69) is 0 Å². The summed E-state index contributed by atoms with van der Waals surface area (Å²) < 4.78 is 0. The Morgan fingerprint density at radius 2 is 2.05 bits per heavy atom.